The van der Waals surface area contributed by atoms with Crippen LogP contribution in [0.25, 0.3) is 0 Å². The molecule has 0 radical (unpaired) electrons. The van der Waals surface area contributed by atoms with Gasteiger partial charge in [-0.05, 0) is 47.0 Å². The summed E-state index contributed by atoms with van der Waals surface area (Å²) in [6.45, 7) is 2.92. The number of hydrogen-bond acceptors (Lipinski definition) is 8. The molecule has 0 saturated heterocycles. The normalized spacial score (nSPS) is 12.5. The fourth-order valence-corrected chi connectivity index (χ4v) is 4.26. The molecule has 0 saturated carbocycles. The van der Waals surface area contributed by atoms with E-state index in [1.807, 2.05) is 17.7 Å². The number of hydrogen-bond donors (Lipinski definition) is 4. The molecule has 2 heterocycles. The molecule has 3 aromatic rings. The number of halogens is 1. The molecule has 32 heavy (non-hydrogen) atoms. The highest BCUT2D eigenvalue weighted by Crippen LogP contribution is 2.24. The molecule has 3 rings (SSSR count). The van der Waals surface area contributed by atoms with E-state index in [1.54, 1.807) is 30.9 Å². The molecular formula is C20H26BrN7O3S. The second-order valence-corrected chi connectivity index (χ2v) is 9.65. The Balaban J connectivity index is 1.65. The van der Waals surface area contributed by atoms with Crippen molar-refractivity contribution >= 4 is 43.4 Å². The molecule has 0 amide bonds. The minimum Gasteiger partial charge on any atom is -0.394 e. The van der Waals surface area contributed by atoms with Crippen molar-refractivity contribution in [3.8, 4) is 0 Å². The van der Waals surface area contributed by atoms with Crippen LogP contribution in [0.15, 0.2) is 58.6 Å². The Morgan fingerprint density at radius 1 is 1.31 bits per heavy atom. The van der Waals surface area contributed by atoms with Crippen LogP contribution in [-0.2, 0) is 16.6 Å². The van der Waals surface area contributed by atoms with Gasteiger partial charge >= 0.3 is 0 Å². The van der Waals surface area contributed by atoms with Gasteiger partial charge in [0.2, 0.25) is 16.0 Å². The molecule has 1 aromatic carbocycles. The lowest BCUT2D eigenvalue weighted by atomic mass is 10.2. The van der Waals surface area contributed by atoms with Gasteiger partial charge in [0.05, 0.1) is 28.3 Å². The first kappa shape index (κ1) is 24.1. The molecule has 4 N–H and O–H groups in total. The third-order valence-electron chi connectivity index (χ3n) is 4.64. The zero-order valence-corrected chi connectivity index (χ0v) is 20.0. The summed E-state index contributed by atoms with van der Waals surface area (Å²) in [5.41, 5.74) is 0.536. The Morgan fingerprint density at radius 2 is 2.16 bits per heavy atom. The molecule has 10 nitrogen and oxygen atoms in total. The van der Waals surface area contributed by atoms with Crippen molar-refractivity contribution in [3.05, 3.63) is 53.7 Å². The van der Waals surface area contributed by atoms with Crippen molar-refractivity contribution in [2.75, 3.05) is 23.8 Å². The summed E-state index contributed by atoms with van der Waals surface area (Å²) in [5.74, 6) is 0.832. The highest BCUT2D eigenvalue weighted by molar-refractivity contribution is 9.10. The Kier molecular flexibility index (Phi) is 8.56. The number of benzene rings is 1. The van der Waals surface area contributed by atoms with Crippen LogP contribution in [0.3, 0.4) is 0 Å². The third kappa shape index (κ3) is 6.73. The van der Waals surface area contributed by atoms with E-state index in [0.29, 0.717) is 41.4 Å². The van der Waals surface area contributed by atoms with Crippen molar-refractivity contribution in [3.63, 3.8) is 0 Å². The SMILES string of the molecule is CC[C@H](CO)Nc1nc(Nc2cccc(S(=O)(=O)NCCCn3ccnc3)c2)ncc1Br. The lowest BCUT2D eigenvalue weighted by molar-refractivity contribution is 0.271. The van der Waals surface area contributed by atoms with Crippen molar-refractivity contribution in [1.82, 2.24) is 24.2 Å². The molecule has 0 fully saturated rings. The highest BCUT2D eigenvalue weighted by atomic mass is 79.9. The molecule has 12 heteroatoms. The summed E-state index contributed by atoms with van der Waals surface area (Å²) in [5, 5.41) is 15.6. The maximum atomic E-state index is 12.7. The van der Waals surface area contributed by atoms with Crippen LogP contribution in [0.2, 0.25) is 0 Å². The summed E-state index contributed by atoms with van der Waals surface area (Å²) in [6, 6.07) is 6.31. The predicted octanol–water partition coefficient (Wildman–Crippen LogP) is 2.73. The smallest absolute Gasteiger partial charge is 0.240 e. The van der Waals surface area contributed by atoms with Gasteiger partial charge in [0, 0.05) is 37.4 Å². The van der Waals surface area contributed by atoms with Crippen LogP contribution in [0.1, 0.15) is 19.8 Å². The van der Waals surface area contributed by atoms with Gasteiger partial charge in [-0.15, -0.1) is 0 Å². The number of sulfonamides is 1. The number of nitrogens with zero attached hydrogens (tertiary/aromatic N) is 4. The van der Waals surface area contributed by atoms with E-state index in [2.05, 4.69) is 46.2 Å². The van der Waals surface area contributed by atoms with Crippen LogP contribution in [0, 0.1) is 0 Å². The molecule has 2 aromatic heterocycles. The molecule has 0 aliphatic heterocycles. The van der Waals surface area contributed by atoms with E-state index in [4.69, 9.17) is 0 Å². The number of aromatic nitrogens is 4. The van der Waals surface area contributed by atoms with Crippen molar-refractivity contribution < 1.29 is 13.5 Å². The number of nitrogens with one attached hydrogen (secondary N) is 3. The predicted molar refractivity (Wildman–Crippen MR) is 126 cm³/mol. The fourth-order valence-electron chi connectivity index (χ4n) is 2.84. The van der Waals surface area contributed by atoms with E-state index in [1.165, 1.54) is 12.1 Å². The zero-order chi connectivity index (χ0) is 23.0. The summed E-state index contributed by atoms with van der Waals surface area (Å²) in [4.78, 5) is 12.8. The van der Waals surface area contributed by atoms with Gasteiger partial charge in [0.25, 0.3) is 0 Å². The first-order valence-corrected chi connectivity index (χ1v) is 12.4. The van der Waals surface area contributed by atoms with Crippen molar-refractivity contribution in [2.45, 2.75) is 37.2 Å². The number of aliphatic hydroxyl groups excluding tert-OH is 1. The zero-order valence-electron chi connectivity index (χ0n) is 17.6. The number of imidazole rings is 1. The van der Waals surface area contributed by atoms with E-state index < -0.39 is 10.0 Å². The number of anilines is 3. The minimum atomic E-state index is -3.66. The van der Waals surface area contributed by atoms with Gasteiger partial charge in [-0.1, -0.05) is 13.0 Å². The third-order valence-corrected chi connectivity index (χ3v) is 6.68. The quantitative estimate of drug-likeness (QED) is 0.266. The largest absolute Gasteiger partial charge is 0.394 e. The maximum Gasteiger partial charge on any atom is 0.240 e. The second kappa shape index (κ2) is 11.4. The highest BCUT2D eigenvalue weighted by Gasteiger charge is 2.15. The van der Waals surface area contributed by atoms with E-state index in [9.17, 15) is 13.5 Å². The average Bonchev–Trinajstić information content (AvgIpc) is 3.31. The first-order chi connectivity index (χ1) is 15.4. The van der Waals surface area contributed by atoms with E-state index in [0.717, 1.165) is 6.42 Å². The lowest BCUT2D eigenvalue weighted by Crippen LogP contribution is -2.25. The van der Waals surface area contributed by atoms with E-state index in [-0.39, 0.29) is 17.5 Å². The summed E-state index contributed by atoms with van der Waals surface area (Å²) < 4.78 is 30.5. The van der Waals surface area contributed by atoms with Crippen LogP contribution in [-0.4, -0.2) is 52.2 Å². The van der Waals surface area contributed by atoms with Crippen LogP contribution >= 0.6 is 15.9 Å². The topological polar surface area (TPSA) is 134 Å². The van der Waals surface area contributed by atoms with Gasteiger partial charge in [0.15, 0.2) is 0 Å². The van der Waals surface area contributed by atoms with Gasteiger partial charge < -0.3 is 20.3 Å². The molecular weight excluding hydrogens is 498 g/mol. The molecule has 0 bridgehead atoms. The maximum absolute atomic E-state index is 12.7. The Bertz CT molecular complexity index is 1110. The Hall–Kier alpha value is -2.54. The lowest BCUT2D eigenvalue weighted by Gasteiger charge is -2.16. The molecule has 172 valence electrons. The summed E-state index contributed by atoms with van der Waals surface area (Å²) in [7, 11) is -3.66. The molecule has 0 aliphatic carbocycles. The van der Waals surface area contributed by atoms with Crippen molar-refractivity contribution in [1.29, 1.82) is 0 Å². The molecule has 0 spiro atoms. The van der Waals surface area contributed by atoms with Gasteiger partial charge in [-0.25, -0.2) is 23.1 Å². The number of aryl methyl sites for hydroxylation is 1. The summed E-state index contributed by atoms with van der Waals surface area (Å²) in [6.07, 6.45) is 8.17. The van der Waals surface area contributed by atoms with Crippen LogP contribution in [0.4, 0.5) is 17.5 Å². The fraction of sp³-hybridized carbons (Fsp3) is 0.350. The Labute approximate surface area is 195 Å². The Morgan fingerprint density at radius 3 is 2.88 bits per heavy atom. The van der Waals surface area contributed by atoms with Crippen LogP contribution < -0.4 is 15.4 Å². The van der Waals surface area contributed by atoms with Gasteiger partial charge in [0.1, 0.15) is 5.82 Å². The number of rotatable bonds is 12. The first-order valence-electron chi connectivity index (χ1n) is 10.1. The molecule has 0 aliphatic rings. The van der Waals surface area contributed by atoms with Crippen LogP contribution in [0.5, 0.6) is 0 Å². The van der Waals surface area contributed by atoms with E-state index >= 15 is 0 Å². The monoisotopic (exact) mass is 523 g/mol. The molecule has 0 unspecified atom stereocenters. The average molecular weight is 524 g/mol. The molecule has 1 atom stereocenters. The standard InChI is InChI=1S/C20H26BrN7O3S/c1-2-15(13-29)25-19-18(21)12-23-20(27-19)26-16-5-3-6-17(11-16)32(30,31)24-7-4-9-28-10-8-22-14-28/h3,5-6,8,10-12,14-15,24,29H,2,4,7,9,13H2,1H3,(H2,23,25,26,27)/t15-/m1/s1. The minimum absolute atomic E-state index is 0.0229. The van der Waals surface area contributed by atoms with Gasteiger partial charge in [-0.2, -0.15) is 4.98 Å². The number of aliphatic hydroxyl groups is 1. The van der Waals surface area contributed by atoms with Gasteiger partial charge in [-0.3, -0.25) is 0 Å². The van der Waals surface area contributed by atoms with Crippen molar-refractivity contribution in [2.24, 2.45) is 0 Å². The second-order valence-electron chi connectivity index (χ2n) is 7.03. The summed E-state index contributed by atoms with van der Waals surface area (Å²) >= 11 is 3.39.